The van der Waals surface area contributed by atoms with Crippen LogP contribution in [-0.4, -0.2) is 59.6 Å². The number of amides is 3. The van der Waals surface area contributed by atoms with Crippen molar-refractivity contribution in [2.45, 2.75) is 47.5 Å². The first kappa shape index (κ1) is 27.0. The van der Waals surface area contributed by atoms with Crippen LogP contribution < -0.4 is 10.2 Å². The van der Waals surface area contributed by atoms with E-state index in [-0.39, 0.29) is 41.4 Å². The molecule has 36 heavy (non-hydrogen) atoms. The van der Waals surface area contributed by atoms with Crippen LogP contribution in [0.3, 0.4) is 0 Å². The molecule has 2 heterocycles. The molecule has 0 spiro atoms. The number of aryl methyl sites for hydroxylation is 1. The van der Waals surface area contributed by atoms with Crippen LogP contribution in [0.25, 0.3) is 11.6 Å². The molecule has 0 unspecified atom stereocenters. The summed E-state index contributed by atoms with van der Waals surface area (Å²) < 4.78 is 14.1. The van der Waals surface area contributed by atoms with Crippen LogP contribution in [0.5, 0.6) is 0 Å². The van der Waals surface area contributed by atoms with Gasteiger partial charge in [-0.05, 0) is 63.7 Å². The number of carbonyl (C=O) groups excluding carboxylic acids is 4. The van der Waals surface area contributed by atoms with Crippen LogP contribution in [0.4, 0.5) is 10.1 Å². The standard InChI is InChI=1S/C27H33FN4O4/c1-6-31(7-2)13-12-29-26(35)25-17(4)22(30-18(25)5)15-21-20-14-19(28)9-10-23(20)32(27(21)36)24(34)11-8-16(3)33/h9-10,14-15,30H,6-8,11-13H2,1-5H3,(H,29,35)/b21-15-. The van der Waals surface area contributed by atoms with Gasteiger partial charge in [0.25, 0.3) is 11.8 Å². The number of fused-ring (bicyclic) bond motifs is 1. The number of imide groups is 1. The molecule has 0 atom stereocenters. The maximum atomic E-state index is 14.1. The van der Waals surface area contributed by atoms with Gasteiger partial charge in [0.05, 0.1) is 16.8 Å². The smallest absolute Gasteiger partial charge is 0.265 e. The molecule has 0 saturated carbocycles. The van der Waals surface area contributed by atoms with Gasteiger partial charge in [0.2, 0.25) is 5.91 Å². The van der Waals surface area contributed by atoms with E-state index in [4.69, 9.17) is 0 Å². The van der Waals surface area contributed by atoms with Gasteiger partial charge < -0.3 is 20.0 Å². The molecule has 192 valence electrons. The van der Waals surface area contributed by atoms with Crippen molar-refractivity contribution < 1.29 is 23.6 Å². The second-order valence-electron chi connectivity index (χ2n) is 8.90. The number of benzene rings is 1. The molecule has 1 aromatic heterocycles. The summed E-state index contributed by atoms with van der Waals surface area (Å²) in [7, 11) is 0. The highest BCUT2D eigenvalue weighted by atomic mass is 19.1. The van der Waals surface area contributed by atoms with E-state index in [1.165, 1.54) is 25.1 Å². The molecule has 0 saturated heterocycles. The van der Waals surface area contributed by atoms with Crippen molar-refractivity contribution >= 4 is 40.8 Å². The average molecular weight is 497 g/mol. The third-order valence-corrected chi connectivity index (χ3v) is 6.46. The van der Waals surface area contributed by atoms with Gasteiger partial charge in [-0.15, -0.1) is 0 Å². The van der Waals surface area contributed by atoms with Crippen molar-refractivity contribution in [2.24, 2.45) is 0 Å². The minimum atomic E-state index is -0.596. The predicted octanol–water partition coefficient (Wildman–Crippen LogP) is 3.63. The number of nitrogens with one attached hydrogen (secondary N) is 2. The summed E-state index contributed by atoms with van der Waals surface area (Å²) in [4.78, 5) is 56.7. The molecule has 1 aliphatic heterocycles. The number of ketones is 1. The van der Waals surface area contributed by atoms with E-state index in [1.54, 1.807) is 19.9 Å². The van der Waals surface area contributed by atoms with E-state index in [0.717, 1.165) is 24.5 Å². The zero-order chi connectivity index (χ0) is 26.6. The third kappa shape index (κ3) is 5.62. The van der Waals surface area contributed by atoms with Crippen molar-refractivity contribution in [1.82, 2.24) is 15.2 Å². The summed E-state index contributed by atoms with van der Waals surface area (Å²) in [5.41, 5.74) is 2.99. The van der Waals surface area contributed by atoms with E-state index in [0.29, 0.717) is 29.1 Å². The molecular formula is C27H33FN4O4. The third-order valence-electron chi connectivity index (χ3n) is 6.46. The first-order valence-corrected chi connectivity index (χ1v) is 12.2. The van der Waals surface area contributed by atoms with E-state index >= 15 is 0 Å². The normalized spacial score (nSPS) is 14.0. The fourth-order valence-corrected chi connectivity index (χ4v) is 4.41. The van der Waals surface area contributed by atoms with Crippen molar-refractivity contribution in [3.05, 3.63) is 52.1 Å². The minimum Gasteiger partial charge on any atom is -0.358 e. The van der Waals surface area contributed by atoms with Gasteiger partial charge in [-0.3, -0.25) is 14.4 Å². The Morgan fingerprint density at radius 3 is 2.47 bits per heavy atom. The van der Waals surface area contributed by atoms with E-state index in [2.05, 4.69) is 29.0 Å². The largest absolute Gasteiger partial charge is 0.358 e. The van der Waals surface area contributed by atoms with Crippen LogP contribution in [0.2, 0.25) is 0 Å². The van der Waals surface area contributed by atoms with Crippen molar-refractivity contribution in [3.63, 3.8) is 0 Å². The number of aromatic nitrogens is 1. The van der Waals surface area contributed by atoms with Crippen LogP contribution in [0, 0.1) is 19.7 Å². The first-order chi connectivity index (χ1) is 17.1. The van der Waals surface area contributed by atoms with E-state index < -0.39 is 17.6 Å². The number of anilines is 1. The molecule has 0 fully saturated rings. The molecule has 9 heteroatoms. The Bertz CT molecular complexity index is 1230. The second-order valence-corrected chi connectivity index (χ2v) is 8.90. The topological polar surface area (TPSA) is 103 Å². The van der Waals surface area contributed by atoms with Crippen LogP contribution in [0.1, 0.15) is 66.5 Å². The Balaban J connectivity index is 1.92. The Morgan fingerprint density at radius 1 is 1.14 bits per heavy atom. The Kier molecular flexibility index (Phi) is 8.57. The molecule has 8 nitrogen and oxygen atoms in total. The zero-order valence-corrected chi connectivity index (χ0v) is 21.5. The number of nitrogens with zero attached hydrogens (tertiary/aromatic N) is 2. The fraction of sp³-hybridized carbons (Fsp3) is 0.407. The molecule has 3 amide bonds. The molecule has 3 rings (SSSR count). The van der Waals surface area contributed by atoms with Gasteiger partial charge in [-0.1, -0.05) is 13.8 Å². The van der Waals surface area contributed by atoms with Gasteiger partial charge in [-0.2, -0.15) is 0 Å². The van der Waals surface area contributed by atoms with Gasteiger partial charge in [0.1, 0.15) is 11.6 Å². The number of hydrogen-bond donors (Lipinski definition) is 2. The van der Waals surface area contributed by atoms with Crippen LogP contribution in [0.15, 0.2) is 18.2 Å². The summed E-state index contributed by atoms with van der Waals surface area (Å²) in [5.74, 6) is -2.05. The molecule has 0 bridgehead atoms. The van der Waals surface area contributed by atoms with Crippen molar-refractivity contribution in [3.8, 4) is 0 Å². The summed E-state index contributed by atoms with van der Waals surface area (Å²) in [6, 6.07) is 3.78. The maximum Gasteiger partial charge on any atom is 0.265 e. The van der Waals surface area contributed by atoms with Crippen LogP contribution >= 0.6 is 0 Å². The molecular weight excluding hydrogens is 463 g/mol. The minimum absolute atomic E-state index is 0.0138. The Morgan fingerprint density at radius 2 is 1.83 bits per heavy atom. The monoisotopic (exact) mass is 496 g/mol. The quantitative estimate of drug-likeness (QED) is 0.489. The lowest BCUT2D eigenvalue weighted by molar-refractivity contribution is -0.126. The number of H-pyrrole nitrogens is 1. The average Bonchev–Trinajstić information content (AvgIpc) is 3.26. The molecule has 1 aliphatic rings. The maximum absolute atomic E-state index is 14.1. The number of aromatic amines is 1. The van der Waals surface area contributed by atoms with E-state index in [9.17, 15) is 23.6 Å². The lowest BCUT2D eigenvalue weighted by Gasteiger charge is -2.18. The first-order valence-electron chi connectivity index (χ1n) is 12.2. The molecule has 0 radical (unpaired) electrons. The number of Topliss-reactive ketones (excluding diaryl/α,β-unsaturated/α-hetero) is 1. The SMILES string of the molecule is CCN(CC)CCNC(=O)c1c(C)[nH]c(/C=C2\C(=O)N(C(=O)CCC(C)=O)c3ccc(F)cc32)c1C. The Hall–Kier alpha value is -3.59. The van der Waals surface area contributed by atoms with Crippen LogP contribution in [-0.2, 0) is 14.4 Å². The number of likely N-dealkylation sites (N-methyl/N-ethyl adjacent to an activating group) is 1. The predicted molar refractivity (Wildman–Crippen MR) is 137 cm³/mol. The van der Waals surface area contributed by atoms with Crippen molar-refractivity contribution in [1.29, 1.82) is 0 Å². The highest BCUT2D eigenvalue weighted by Gasteiger charge is 2.37. The fourth-order valence-electron chi connectivity index (χ4n) is 4.41. The Labute approximate surface area is 210 Å². The summed E-state index contributed by atoms with van der Waals surface area (Å²) in [6.45, 7) is 12.1. The lowest BCUT2D eigenvalue weighted by atomic mass is 10.0. The molecule has 2 aromatic rings. The summed E-state index contributed by atoms with van der Waals surface area (Å²) in [6.07, 6.45) is 1.44. The van der Waals surface area contributed by atoms with Gasteiger partial charge >= 0.3 is 0 Å². The van der Waals surface area contributed by atoms with Gasteiger partial charge in [0, 0.05) is 42.9 Å². The summed E-state index contributed by atoms with van der Waals surface area (Å²) >= 11 is 0. The molecule has 2 N–H and O–H groups in total. The van der Waals surface area contributed by atoms with Crippen molar-refractivity contribution in [2.75, 3.05) is 31.1 Å². The second kappa shape index (κ2) is 11.4. The molecule has 1 aromatic carbocycles. The lowest BCUT2D eigenvalue weighted by Crippen LogP contribution is -2.35. The number of halogens is 1. The number of hydrogen-bond acceptors (Lipinski definition) is 5. The summed E-state index contributed by atoms with van der Waals surface area (Å²) in [5, 5.41) is 2.95. The number of rotatable bonds is 10. The highest BCUT2D eigenvalue weighted by Crippen LogP contribution is 2.39. The number of carbonyl (C=O) groups is 4. The zero-order valence-electron chi connectivity index (χ0n) is 21.5. The van der Waals surface area contributed by atoms with Gasteiger partial charge in [0.15, 0.2) is 0 Å². The molecule has 0 aliphatic carbocycles. The van der Waals surface area contributed by atoms with E-state index in [1.807, 2.05) is 0 Å². The highest BCUT2D eigenvalue weighted by molar-refractivity contribution is 6.42. The van der Waals surface area contributed by atoms with Gasteiger partial charge in [-0.25, -0.2) is 9.29 Å².